The summed E-state index contributed by atoms with van der Waals surface area (Å²) in [5.74, 6) is -1.57. The lowest BCUT2D eigenvalue weighted by Crippen LogP contribution is -2.36. The number of rotatable bonds is 2. The minimum Gasteiger partial charge on any atom is -0.305 e. The standard InChI is InChI=1S/C22H18F4N4O2/c23-16-12-27-9-8-18(16)29-21(32)30-10-2-5-19(31)15-6-7-17(28-20(15)30)13-3-1-4-14(11-13)22(24,25)26/h1,3-4,6-9,12-13H,2,5,10-11H2,(H,27,29,32). The van der Waals surface area contributed by atoms with E-state index in [1.54, 1.807) is 6.08 Å². The normalized spacial score (nSPS) is 18.6. The predicted octanol–water partition coefficient (Wildman–Crippen LogP) is 5.16. The third-order valence-corrected chi connectivity index (χ3v) is 5.32. The summed E-state index contributed by atoms with van der Waals surface area (Å²) in [6.07, 6.45) is 2.01. The molecule has 1 N–H and O–H groups in total. The van der Waals surface area contributed by atoms with Crippen molar-refractivity contribution in [3.63, 3.8) is 0 Å². The maximum atomic E-state index is 13.9. The van der Waals surface area contributed by atoms with Gasteiger partial charge >= 0.3 is 12.2 Å². The van der Waals surface area contributed by atoms with Crippen molar-refractivity contribution in [2.75, 3.05) is 16.8 Å². The Bertz CT molecular complexity index is 1130. The first-order valence-electron chi connectivity index (χ1n) is 9.91. The highest BCUT2D eigenvalue weighted by Crippen LogP contribution is 2.38. The van der Waals surface area contributed by atoms with E-state index in [1.807, 2.05) is 0 Å². The van der Waals surface area contributed by atoms with Gasteiger partial charge < -0.3 is 5.32 Å². The molecule has 2 amide bonds. The lowest BCUT2D eigenvalue weighted by molar-refractivity contribution is -0.0944. The van der Waals surface area contributed by atoms with E-state index in [0.29, 0.717) is 12.1 Å². The summed E-state index contributed by atoms with van der Waals surface area (Å²) in [4.78, 5) is 34.7. The van der Waals surface area contributed by atoms with E-state index in [4.69, 9.17) is 0 Å². The number of ketones is 1. The summed E-state index contributed by atoms with van der Waals surface area (Å²) >= 11 is 0. The molecular weight excluding hydrogens is 428 g/mol. The van der Waals surface area contributed by atoms with Gasteiger partial charge in [0, 0.05) is 30.7 Å². The van der Waals surface area contributed by atoms with Gasteiger partial charge in [-0.3, -0.25) is 14.7 Å². The fourth-order valence-corrected chi connectivity index (χ4v) is 3.68. The summed E-state index contributed by atoms with van der Waals surface area (Å²) in [6.45, 7) is 0.141. The van der Waals surface area contributed by atoms with Crippen molar-refractivity contribution in [2.45, 2.75) is 31.4 Å². The number of urea groups is 1. The highest BCUT2D eigenvalue weighted by atomic mass is 19.4. The molecule has 1 aliphatic carbocycles. The molecule has 1 unspecified atom stereocenters. The van der Waals surface area contributed by atoms with Crippen molar-refractivity contribution in [3.8, 4) is 0 Å². The molecule has 32 heavy (non-hydrogen) atoms. The number of aromatic nitrogens is 2. The van der Waals surface area contributed by atoms with Crippen LogP contribution in [0.5, 0.6) is 0 Å². The van der Waals surface area contributed by atoms with Crippen LogP contribution in [0.1, 0.15) is 41.2 Å². The Balaban J connectivity index is 1.67. The molecule has 0 spiro atoms. The van der Waals surface area contributed by atoms with Crippen LogP contribution in [0.15, 0.2) is 54.4 Å². The third-order valence-electron chi connectivity index (χ3n) is 5.32. The third kappa shape index (κ3) is 4.39. The molecule has 2 aromatic heterocycles. The van der Waals surface area contributed by atoms with Gasteiger partial charge in [0.15, 0.2) is 11.6 Å². The number of fused-ring (bicyclic) bond motifs is 1. The Morgan fingerprint density at radius 1 is 1.22 bits per heavy atom. The molecular formula is C22H18F4N4O2. The van der Waals surface area contributed by atoms with Crippen LogP contribution in [0.2, 0.25) is 0 Å². The minimum absolute atomic E-state index is 0.0495. The zero-order valence-electron chi connectivity index (χ0n) is 16.7. The zero-order chi connectivity index (χ0) is 22.9. The number of allylic oxidation sites excluding steroid dienone is 4. The molecule has 0 fully saturated rings. The van der Waals surface area contributed by atoms with Gasteiger partial charge in [-0.1, -0.05) is 18.2 Å². The number of carbonyl (C=O) groups is 2. The van der Waals surface area contributed by atoms with Crippen LogP contribution >= 0.6 is 0 Å². The number of amides is 2. The predicted molar refractivity (Wildman–Crippen MR) is 109 cm³/mol. The molecule has 3 heterocycles. The zero-order valence-corrected chi connectivity index (χ0v) is 16.7. The van der Waals surface area contributed by atoms with Gasteiger partial charge in [0.2, 0.25) is 0 Å². The van der Waals surface area contributed by atoms with Crippen LogP contribution in [0.3, 0.4) is 0 Å². The van der Waals surface area contributed by atoms with Gasteiger partial charge in [0.25, 0.3) is 0 Å². The summed E-state index contributed by atoms with van der Waals surface area (Å²) in [7, 11) is 0. The number of Topliss-reactive ketones (excluding diaryl/α,β-unsaturated/α-hetero) is 1. The molecule has 4 rings (SSSR count). The molecule has 0 radical (unpaired) electrons. The monoisotopic (exact) mass is 446 g/mol. The average molecular weight is 446 g/mol. The van der Waals surface area contributed by atoms with Gasteiger partial charge in [0.1, 0.15) is 5.82 Å². The van der Waals surface area contributed by atoms with Crippen molar-refractivity contribution < 1.29 is 27.2 Å². The van der Waals surface area contributed by atoms with E-state index in [0.717, 1.165) is 12.3 Å². The number of hydrogen-bond acceptors (Lipinski definition) is 4. The fourth-order valence-electron chi connectivity index (χ4n) is 3.68. The molecule has 10 heteroatoms. The van der Waals surface area contributed by atoms with Crippen molar-refractivity contribution in [2.24, 2.45) is 0 Å². The molecule has 2 aromatic rings. The number of pyridine rings is 2. The van der Waals surface area contributed by atoms with Crippen molar-refractivity contribution in [1.29, 1.82) is 0 Å². The van der Waals surface area contributed by atoms with Gasteiger partial charge in [-0.15, -0.1) is 0 Å². The topological polar surface area (TPSA) is 75.2 Å². The second-order valence-electron chi connectivity index (χ2n) is 7.46. The Kier molecular flexibility index (Phi) is 5.77. The Labute approximate surface area is 180 Å². The summed E-state index contributed by atoms with van der Waals surface area (Å²) in [6, 6.07) is 3.58. The number of nitrogens with zero attached hydrogens (tertiary/aromatic N) is 3. The van der Waals surface area contributed by atoms with Gasteiger partial charge in [0.05, 0.1) is 23.1 Å². The van der Waals surface area contributed by atoms with Gasteiger partial charge in [-0.05, 0) is 31.0 Å². The van der Waals surface area contributed by atoms with Crippen molar-refractivity contribution >= 4 is 23.3 Å². The number of hydrogen-bond donors (Lipinski definition) is 1. The van der Waals surface area contributed by atoms with Gasteiger partial charge in [-0.25, -0.2) is 14.2 Å². The summed E-state index contributed by atoms with van der Waals surface area (Å²) < 4.78 is 53.4. The first kappa shape index (κ1) is 21.7. The maximum Gasteiger partial charge on any atom is 0.412 e. The molecule has 166 valence electrons. The Hall–Kier alpha value is -3.56. The second-order valence-corrected chi connectivity index (χ2v) is 7.46. The van der Waals surface area contributed by atoms with Crippen molar-refractivity contribution in [1.82, 2.24) is 9.97 Å². The Morgan fingerprint density at radius 3 is 2.78 bits per heavy atom. The van der Waals surface area contributed by atoms with Crippen LogP contribution in [0.25, 0.3) is 0 Å². The first-order valence-corrected chi connectivity index (χ1v) is 9.91. The SMILES string of the molecule is O=C1CCCN(C(=O)Nc2ccncc2F)c2nc(C3C=CC=C(C(F)(F)F)C3)ccc21. The van der Waals surface area contributed by atoms with Crippen LogP contribution in [-0.2, 0) is 0 Å². The number of halogens is 4. The van der Waals surface area contributed by atoms with Crippen LogP contribution in [0.4, 0.5) is 33.9 Å². The highest BCUT2D eigenvalue weighted by Gasteiger charge is 2.36. The Morgan fingerprint density at radius 2 is 2.03 bits per heavy atom. The van der Waals surface area contributed by atoms with Crippen LogP contribution in [-0.4, -0.2) is 34.5 Å². The maximum absolute atomic E-state index is 13.9. The molecule has 0 saturated heterocycles. The van der Waals surface area contributed by atoms with E-state index >= 15 is 0 Å². The number of nitrogens with one attached hydrogen (secondary N) is 1. The molecule has 0 aromatic carbocycles. The summed E-state index contributed by atoms with van der Waals surface area (Å²) in [5, 5.41) is 2.44. The van der Waals surface area contributed by atoms with Gasteiger partial charge in [-0.2, -0.15) is 13.2 Å². The van der Waals surface area contributed by atoms with E-state index in [1.165, 1.54) is 35.4 Å². The van der Waals surface area contributed by atoms with Crippen molar-refractivity contribution in [3.05, 3.63) is 71.5 Å². The van der Waals surface area contributed by atoms with E-state index in [-0.39, 0.29) is 42.2 Å². The number of alkyl halides is 3. The molecule has 0 bridgehead atoms. The average Bonchev–Trinajstić information content (AvgIpc) is 2.93. The molecule has 1 atom stereocenters. The first-order chi connectivity index (χ1) is 15.2. The fraction of sp³-hybridized carbons (Fsp3) is 0.273. The molecule has 1 aliphatic heterocycles. The largest absolute Gasteiger partial charge is 0.412 e. The van der Waals surface area contributed by atoms with E-state index in [9.17, 15) is 27.2 Å². The second kappa shape index (κ2) is 8.52. The van der Waals surface area contributed by atoms with Crippen LogP contribution in [0, 0.1) is 5.82 Å². The number of carbonyl (C=O) groups excluding carboxylic acids is 2. The molecule has 0 saturated carbocycles. The minimum atomic E-state index is -4.45. The van der Waals surface area contributed by atoms with E-state index < -0.39 is 29.5 Å². The number of anilines is 2. The summed E-state index contributed by atoms with van der Waals surface area (Å²) in [5.41, 5.74) is -0.269. The molecule has 6 nitrogen and oxygen atoms in total. The molecule has 2 aliphatic rings. The van der Waals surface area contributed by atoms with E-state index in [2.05, 4.69) is 15.3 Å². The van der Waals surface area contributed by atoms with Crippen LogP contribution < -0.4 is 10.2 Å². The highest BCUT2D eigenvalue weighted by molar-refractivity contribution is 6.08. The lowest BCUT2D eigenvalue weighted by Gasteiger charge is -2.24. The lowest BCUT2D eigenvalue weighted by atomic mass is 9.90. The quantitative estimate of drug-likeness (QED) is 0.647. The smallest absolute Gasteiger partial charge is 0.305 e.